The Kier molecular flexibility index (Phi) is 5.71. The molecule has 30 heavy (non-hydrogen) atoms. The summed E-state index contributed by atoms with van der Waals surface area (Å²) in [4.78, 5) is 24.9. The molecule has 5 heteroatoms. The largest absolute Gasteiger partial charge is 0.459 e. The molecule has 1 aromatic heterocycles. The standard InChI is InChI=1S/C25H19NO4/c27-24(22-12-7-17-29-22)26-21-15-13-20(14-16-21)25(28)30-23(18-8-3-1-4-9-18)19-10-5-2-6-11-19/h1-17,23H,(H,26,27). The van der Waals surface area contributed by atoms with Gasteiger partial charge in [-0.3, -0.25) is 4.79 Å². The average molecular weight is 397 g/mol. The van der Waals surface area contributed by atoms with Gasteiger partial charge in [0.1, 0.15) is 0 Å². The van der Waals surface area contributed by atoms with Gasteiger partial charge in [0, 0.05) is 5.69 Å². The molecule has 4 rings (SSSR count). The average Bonchev–Trinajstić information content (AvgIpc) is 3.34. The topological polar surface area (TPSA) is 68.5 Å². The number of hydrogen-bond donors (Lipinski definition) is 1. The van der Waals surface area contributed by atoms with Crippen LogP contribution in [0.1, 0.15) is 38.1 Å². The number of nitrogens with one attached hydrogen (secondary N) is 1. The van der Waals surface area contributed by atoms with Gasteiger partial charge in [-0.2, -0.15) is 0 Å². The predicted octanol–water partition coefficient (Wildman–Crippen LogP) is 5.48. The summed E-state index contributed by atoms with van der Waals surface area (Å²) >= 11 is 0. The van der Waals surface area contributed by atoms with Crippen molar-refractivity contribution in [2.75, 3.05) is 5.32 Å². The van der Waals surface area contributed by atoms with Crippen LogP contribution in [0.2, 0.25) is 0 Å². The van der Waals surface area contributed by atoms with Gasteiger partial charge in [-0.25, -0.2) is 4.79 Å². The molecule has 0 aliphatic carbocycles. The van der Waals surface area contributed by atoms with Crippen molar-refractivity contribution in [1.29, 1.82) is 0 Å². The quantitative estimate of drug-likeness (QED) is 0.438. The Morgan fingerprint density at radius 2 is 1.33 bits per heavy atom. The summed E-state index contributed by atoms with van der Waals surface area (Å²) in [6.45, 7) is 0. The van der Waals surface area contributed by atoms with Gasteiger partial charge >= 0.3 is 5.97 Å². The van der Waals surface area contributed by atoms with Gasteiger partial charge in [0.05, 0.1) is 11.8 Å². The van der Waals surface area contributed by atoms with Gasteiger partial charge in [0.15, 0.2) is 11.9 Å². The molecular formula is C25H19NO4. The number of carbonyl (C=O) groups excluding carboxylic acids is 2. The summed E-state index contributed by atoms with van der Waals surface area (Å²) in [6, 6.07) is 29.0. The van der Waals surface area contributed by atoms with Crippen LogP contribution in [-0.2, 0) is 4.74 Å². The lowest BCUT2D eigenvalue weighted by molar-refractivity contribution is 0.0378. The molecule has 0 fully saturated rings. The highest BCUT2D eigenvalue weighted by atomic mass is 16.5. The Bertz CT molecular complexity index is 1070. The third-order valence-electron chi connectivity index (χ3n) is 4.55. The van der Waals surface area contributed by atoms with Crippen LogP contribution in [0.5, 0.6) is 0 Å². The molecule has 3 aromatic carbocycles. The van der Waals surface area contributed by atoms with Crippen LogP contribution in [0.4, 0.5) is 5.69 Å². The van der Waals surface area contributed by atoms with E-state index in [1.165, 1.54) is 6.26 Å². The zero-order valence-electron chi connectivity index (χ0n) is 16.0. The molecule has 5 nitrogen and oxygen atoms in total. The first kappa shape index (κ1) is 19.2. The summed E-state index contributed by atoms with van der Waals surface area (Å²) in [5, 5.41) is 2.72. The zero-order chi connectivity index (χ0) is 20.8. The maximum atomic E-state index is 12.8. The summed E-state index contributed by atoms with van der Waals surface area (Å²) in [5.74, 6) is -0.591. The van der Waals surface area contributed by atoms with E-state index in [0.717, 1.165) is 11.1 Å². The smallest absolute Gasteiger partial charge is 0.339 e. The summed E-state index contributed by atoms with van der Waals surface area (Å²) in [6.07, 6.45) is 0.919. The fraction of sp³-hybridized carbons (Fsp3) is 0.0400. The van der Waals surface area contributed by atoms with E-state index in [-0.39, 0.29) is 11.7 Å². The Balaban J connectivity index is 1.49. The van der Waals surface area contributed by atoms with Crippen molar-refractivity contribution in [3.63, 3.8) is 0 Å². The molecule has 1 N–H and O–H groups in total. The van der Waals surface area contributed by atoms with Gasteiger partial charge < -0.3 is 14.5 Å². The van der Waals surface area contributed by atoms with Crippen molar-refractivity contribution in [3.8, 4) is 0 Å². The van der Waals surface area contributed by atoms with Crippen molar-refractivity contribution in [3.05, 3.63) is 126 Å². The summed E-state index contributed by atoms with van der Waals surface area (Å²) < 4.78 is 10.9. The highest BCUT2D eigenvalue weighted by molar-refractivity contribution is 6.02. The fourth-order valence-electron chi connectivity index (χ4n) is 3.05. The number of esters is 1. The number of carbonyl (C=O) groups is 2. The fourth-order valence-corrected chi connectivity index (χ4v) is 3.05. The number of furan rings is 1. The molecule has 4 aromatic rings. The van der Waals surface area contributed by atoms with E-state index in [2.05, 4.69) is 5.32 Å². The second kappa shape index (κ2) is 8.92. The first-order chi connectivity index (χ1) is 14.7. The summed E-state index contributed by atoms with van der Waals surface area (Å²) in [5.41, 5.74) is 2.72. The third-order valence-corrected chi connectivity index (χ3v) is 4.55. The maximum Gasteiger partial charge on any atom is 0.339 e. The molecule has 0 unspecified atom stereocenters. The molecule has 0 radical (unpaired) electrons. The van der Waals surface area contributed by atoms with Crippen molar-refractivity contribution >= 4 is 17.6 Å². The van der Waals surface area contributed by atoms with Crippen LogP contribution in [0.25, 0.3) is 0 Å². The van der Waals surface area contributed by atoms with Gasteiger partial charge in [0.2, 0.25) is 0 Å². The predicted molar refractivity (Wildman–Crippen MR) is 113 cm³/mol. The van der Waals surface area contributed by atoms with Crippen LogP contribution in [-0.4, -0.2) is 11.9 Å². The number of amides is 1. The van der Waals surface area contributed by atoms with Gasteiger partial charge in [-0.15, -0.1) is 0 Å². The molecule has 1 amide bonds. The van der Waals surface area contributed by atoms with Crippen LogP contribution in [0, 0.1) is 0 Å². The number of ether oxygens (including phenoxy) is 1. The van der Waals surface area contributed by atoms with E-state index in [4.69, 9.17) is 9.15 Å². The maximum absolute atomic E-state index is 12.8. The Hall–Kier alpha value is -4.12. The van der Waals surface area contributed by atoms with Crippen molar-refractivity contribution in [1.82, 2.24) is 0 Å². The number of rotatable bonds is 6. The number of anilines is 1. The zero-order valence-corrected chi connectivity index (χ0v) is 16.0. The van der Waals surface area contributed by atoms with E-state index >= 15 is 0 Å². The SMILES string of the molecule is O=C(OC(c1ccccc1)c1ccccc1)c1ccc(NC(=O)c2ccco2)cc1. The van der Waals surface area contributed by atoms with Gasteiger partial charge in [0.25, 0.3) is 5.91 Å². The first-order valence-electron chi connectivity index (χ1n) is 9.46. The van der Waals surface area contributed by atoms with Gasteiger partial charge in [-0.05, 0) is 47.5 Å². The van der Waals surface area contributed by atoms with Crippen molar-refractivity contribution < 1.29 is 18.7 Å². The number of hydrogen-bond acceptors (Lipinski definition) is 4. The molecule has 0 aliphatic heterocycles. The lowest BCUT2D eigenvalue weighted by Gasteiger charge is -2.19. The molecule has 0 spiro atoms. The Morgan fingerprint density at radius 1 is 0.733 bits per heavy atom. The van der Waals surface area contributed by atoms with Crippen LogP contribution in [0.15, 0.2) is 108 Å². The van der Waals surface area contributed by atoms with E-state index in [1.807, 2.05) is 60.7 Å². The molecule has 148 valence electrons. The van der Waals surface area contributed by atoms with E-state index in [1.54, 1.807) is 36.4 Å². The minimum atomic E-state index is -0.516. The molecule has 0 bridgehead atoms. The second-order valence-corrected chi connectivity index (χ2v) is 6.62. The molecule has 0 saturated heterocycles. The van der Waals surface area contributed by atoms with Crippen LogP contribution in [0.3, 0.4) is 0 Å². The lowest BCUT2D eigenvalue weighted by atomic mass is 10.0. The molecule has 0 saturated carbocycles. The van der Waals surface area contributed by atoms with E-state index < -0.39 is 12.1 Å². The minimum absolute atomic E-state index is 0.215. The van der Waals surface area contributed by atoms with E-state index in [0.29, 0.717) is 11.3 Å². The summed E-state index contributed by atoms with van der Waals surface area (Å²) in [7, 11) is 0. The third kappa shape index (κ3) is 4.47. The first-order valence-corrected chi connectivity index (χ1v) is 9.46. The Morgan fingerprint density at radius 3 is 1.87 bits per heavy atom. The Labute approximate surface area is 173 Å². The monoisotopic (exact) mass is 397 g/mol. The minimum Gasteiger partial charge on any atom is -0.459 e. The normalized spacial score (nSPS) is 10.6. The molecule has 0 aliphatic rings. The van der Waals surface area contributed by atoms with E-state index in [9.17, 15) is 9.59 Å². The highest BCUT2D eigenvalue weighted by Crippen LogP contribution is 2.27. The van der Waals surface area contributed by atoms with Gasteiger partial charge in [-0.1, -0.05) is 60.7 Å². The van der Waals surface area contributed by atoms with Crippen LogP contribution >= 0.6 is 0 Å². The van der Waals surface area contributed by atoms with Crippen LogP contribution < -0.4 is 5.32 Å². The molecular weight excluding hydrogens is 378 g/mol. The molecule has 0 atom stereocenters. The molecule has 1 heterocycles. The van der Waals surface area contributed by atoms with Crippen molar-refractivity contribution in [2.24, 2.45) is 0 Å². The highest BCUT2D eigenvalue weighted by Gasteiger charge is 2.20. The second-order valence-electron chi connectivity index (χ2n) is 6.62. The number of benzene rings is 3. The lowest BCUT2D eigenvalue weighted by Crippen LogP contribution is -2.14. The van der Waals surface area contributed by atoms with Crippen molar-refractivity contribution in [2.45, 2.75) is 6.10 Å².